The van der Waals surface area contributed by atoms with Crippen LogP contribution in [-0.2, 0) is 30.8 Å². The molecule has 7 heteroatoms. The number of amides is 1. The molecule has 5 rings (SSSR count). The first-order chi connectivity index (χ1) is 14.1. The third-order valence-electron chi connectivity index (χ3n) is 5.98. The largest absolute Gasteiger partial charge is 0.334 e. The first-order valence-electron chi connectivity index (χ1n) is 10.1. The first kappa shape index (κ1) is 18.5. The molecule has 1 amide bonds. The van der Waals surface area contributed by atoms with Gasteiger partial charge < -0.3 is 9.47 Å². The second-order valence-corrected chi connectivity index (χ2v) is 8.98. The van der Waals surface area contributed by atoms with Crippen molar-refractivity contribution in [2.75, 3.05) is 19.6 Å². The molecule has 0 saturated carbocycles. The molecule has 0 atom stereocenters. The van der Waals surface area contributed by atoms with E-state index < -0.39 is 0 Å². The minimum absolute atomic E-state index is 0.210. The SMILES string of the molecule is Cc1nc(-c2nc(C)c3n2CCN(C(=O)CN2CCc4ccccc4C2)C3)cs1. The minimum atomic E-state index is 0.210. The van der Waals surface area contributed by atoms with Crippen LogP contribution in [0.25, 0.3) is 11.5 Å². The molecule has 2 aliphatic heterocycles. The number of hydrogen-bond donors (Lipinski definition) is 0. The van der Waals surface area contributed by atoms with E-state index in [2.05, 4.69) is 44.1 Å². The Morgan fingerprint density at radius 2 is 1.90 bits per heavy atom. The normalized spacial score (nSPS) is 16.6. The number of benzene rings is 1. The van der Waals surface area contributed by atoms with Crippen LogP contribution in [0.2, 0.25) is 0 Å². The summed E-state index contributed by atoms with van der Waals surface area (Å²) in [6, 6.07) is 8.56. The summed E-state index contributed by atoms with van der Waals surface area (Å²) in [5.41, 5.74) is 5.83. The molecule has 0 aliphatic carbocycles. The number of hydrogen-bond acceptors (Lipinski definition) is 5. The maximum Gasteiger partial charge on any atom is 0.237 e. The third-order valence-corrected chi connectivity index (χ3v) is 6.75. The van der Waals surface area contributed by atoms with Crippen LogP contribution in [0, 0.1) is 13.8 Å². The second-order valence-electron chi connectivity index (χ2n) is 7.92. The standard InChI is InChI=1S/C22H25N5OS/c1-15-20-12-26(9-10-27(20)22(23-15)19-14-29-16(2)24-19)21(28)13-25-8-7-17-5-3-4-6-18(17)11-25/h3-6,14H,7-13H2,1-2H3. The van der Waals surface area contributed by atoms with Crippen LogP contribution in [-0.4, -0.2) is 49.9 Å². The van der Waals surface area contributed by atoms with E-state index in [0.717, 1.165) is 60.5 Å². The molecule has 2 aliphatic rings. The van der Waals surface area contributed by atoms with Gasteiger partial charge >= 0.3 is 0 Å². The number of rotatable bonds is 3. The molecule has 0 fully saturated rings. The zero-order valence-corrected chi connectivity index (χ0v) is 17.7. The Balaban J connectivity index is 1.29. The third kappa shape index (κ3) is 3.49. The fraction of sp³-hybridized carbons (Fsp3) is 0.409. The van der Waals surface area contributed by atoms with E-state index in [4.69, 9.17) is 4.98 Å². The van der Waals surface area contributed by atoms with E-state index in [9.17, 15) is 4.79 Å². The Hall–Kier alpha value is -2.51. The Morgan fingerprint density at radius 1 is 1.07 bits per heavy atom. The topological polar surface area (TPSA) is 54.3 Å². The van der Waals surface area contributed by atoms with Gasteiger partial charge in [-0.15, -0.1) is 11.3 Å². The van der Waals surface area contributed by atoms with Crippen molar-refractivity contribution in [1.82, 2.24) is 24.3 Å². The molecule has 0 bridgehead atoms. The van der Waals surface area contributed by atoms with Crippen molar-refractivity contribution in [2.24, 2.45) is 0 Å². The van der Waals surface area contributed by atoms with Gasteiger partial charge in [-0.3, -0.25) is 9.69 Å². The average Bonchev–Trinajstić information content (AvgIpc) is 3.31. The van der Waals surface area contributed by atoms with Crippen molar-refractivity contribution in [3.8, 4) is 11.5 Å². The maximum absolute atomic E-state index is 13.0. The molecule has 4 heterocycles. The summed E-state index contributed by atoms with van der Waals surface area (Å²) in [5, 5.41) is 3.11. The number of imidazole rings is 1. The lowest BCUT2D eigenvalue weighted by Gasteiger charge is -2.33. The zero-order valence-electron chi connectivity index (χ0n) is 16.9. The highest BCUT2D eigenvalue weighted by molar-refractivity contribution is 7.09. The zero-order chi connectivity index (χ0) is 20.0. The monoisotopic (exact) mass is 407 g/mol. The summed E-state index contributed by atoms with van der Waals surface area (Å²) >= 11 is 1.64. The quantitative estimate of drug-likeness (QED) is 0.670. The number of fused-ring (bicyclic) bond motifs is 2. The maximum atomic E-state index is 13.0. The van der Waals surface area contributed by atoms with Crippen LogP contribution in [0.15, 0.2) is 29.6 Å². The van der Waals surface area contributed by atoms with Crippen molar-refractivity contribution in [3.05, 3.63) is 57.2 Å². The number of carbonyl (C=O) groups is 1. The van der Waals surface area contributed by atoms with Crippen LogP contribution in [0.3, 0.4) is 0 Å². The first-order valence-corrected chi connectivity index (χ1v) is 11.0. The molecule has 1 aromatic carbocycles. The molecule has 2 aromatic heterocycles. The fourth-order valence-electron chi connectivity index (χ4n) is 4.38. The molecular formula is C22H25N5OS. The lowest BCUT2D eigenvalue weighted by atomic mass is 10.00. The van der Waals surface area contributed by atoms with Crippen LogP contribution in [0.1, 0.15) is 27.5 Å². The van der Waals surface area contributed by atoms with E-state index in [1.165, 1.54) is 11.1 Å². The summed E-state index contributed by atoms with van der Waals surface area (Å²) in [6.07, 6.45) is 1.02. The van der Waals surface area contributed by atoms with E-state index >= 15 is 0 Å². The van der Waals surface area contributed by atoms with Crippen LogP contribution in [0.5, 0.6) is 0 Å². The predicted octanol–water partition coefficient (Wildman–Crippen LogP) is 3.02. The molecule has 29 heavy (non-hydrogen) atoms. The molecule has 0 spiro atoms. The molecule has 6 nitrogen and oxygen atoms in total. The summed E-state index contributed by atoms with van der Waals surface area (Å²) in [4.78, 5) is 26.7. The lowest BCUT2D eigenvalue weighted by molar-refractivity contribution is -0.134. The van der Waals surface area contributed by atoms with Gasteiger partial charge in [-0.2, -0.15) is 0 Å². The van der Waals surface area contributed by atoms with E-state index in [-0.39, 0.29) is 5.91 Å². The second kappa shape index (κ2) is 7.39. The van der Waals surface area contributed by atoms with Crippen LogP contribution < -0.4 is 0 Å². The summed E-state index contributed by atoms with van der Waals surface area (Å²) < 4.78 is 2.24. The van der Waals surface area contributed by atoms with Gasteiger partial charge in [0.1, 0.15) is 5.69 Å². The van der Waals surface area contributed by atoms with Gasteiger partial charge in [0, 0.05) is 31.6 Å². The van der Waals surface area contributed by atoms with Crippen molar-refractivity contribution < 1.29 is 4.79 Å². The van der Waals surface area contributed by atoms with Crippen LogP contribution in [0.4, 0.5) is 0 Å². The highest BCUT2D eigenvalue weighted by atomic mass is 32.1. The number of thiazole rings is 1. The number of aryl methyl sites for hydroxylation is 2. The van der Waals surface area contributed by atoms with Gasteiger partial charge in [-0.05, 0) is 31.4 Å². The van der Waals surface area contributed by atoms with Crippen molar-refractivity contribution >= 4 is 17.2 Å². The number of carbonyl (C=O) groups excluding carboxylic acids is 1. The number of nitrogens with zero attached hydrogens (tertiary/aromatic N) is 5. The molecule has 3 aromatic rings. The van der Waals surface area contributed by atoms with E-state index in [1.54, 1.807) is 11.3 Å². The Bertz CT molecular complexity index is 1070. The average molecular weight is 408 g/mol. The van der Waals surface area contributed by atoms with Gasteiger partial charge in [0.25, 0.3) is 0 Å². The highest BCUT2D eigenvalue weighted by Crippen LogP contribution is 2.27. The molecule has 150 valence electrons. The van der Waals surface area contributed by atoms with Gasteiger partial charge in [0.15, 0.2) is 5.82 Å². The summed E-state index contributed by atoms with van der Waals surface area (Å²) in [5.74, 6) is 1.14. The Morgan fingerprint density at radius 3 is 2.69 bits per heavy atom. The molecule has 0 N–H and O–H groups in total. The van der Waals surface area contributed by atoms with Gasteiger partial charge in [-0.1, -0.05) is 24.3 Å². The van der Waals surface area contributed by atoms with Gasteiger partial charge in [0.05, 0.1) is 29.5 Å². The Labute approximate surface area is 174 Å². The minimum Gasteiger partial charge on any atom is -0.334 e. The van der Waals surface area contributed by atoms with Gasteiger partial charge in [0.2, 0.25) is 5.91 Å². The molecule has 0 unspecified atom stereocenters. The summed E-state index contributed by atoms with van der Waals surface area (Å²) in [7, 11) is 0. The van der Waals surface area contributed by atoms with Crippen molar-refractivity contribution in [3.63, 3.8) is 0 Å². The fourth-order valence-corrected chi connectivity index (χ4v) is 4.97. The predicted molar refractivity (Wildman–Crippen MR) is 114 cm³/mol. The molecule has 0 saturated heterocycles. The molecule has 0 radical (unpaired) electrons. The smallest absolute Gasteiger partial charge is 0.237 e. The van der Waals surface area contributed by atoms with E-state index in [0.29, 0.717) is 13.1 Å². The summed E-state index contributed by atoms with van der Waals surface area (Å²) in [6.45, 7) is 8.47. The van der Waals surface area contributed by atoms with Gasteiger partial charge in [-0.25, -0.2) is 9.97 Å². The van der Waals surface area contributed by atoms with Crippen molar-refractivity contribution in [1.29, 1.82) is 0 Å². The lowest BCUT2D eigenvalue weighted by Crippen LogP contribution is -2.45. The van der Waals surface area contributed by atoms with E-state index in [1.807, 2.05) is 18.7 Å². The number of aromatic nitrogens is 3. The van der Waals surface area contributed by atoms with Crippen LogP contribution >= 0.6 is 11.3 Å². The van der Waals surface area contributed by atoms with Crippen molar-refractivity contribution in [2.45, 2.75) is 39.9 Å². The molecular weight excluding hydrogens is 382 g/mol. The Kier molecular flexibility index (Phi) is 4.72. The highest BCUT2D eigenvalue weighted by Gasteiger charge is 2.28.